The lowest BCUT2D eigenvalue weighted by atomic mass is 9.79. The summed E-state index contributed by atoms with van der Waals surface area (Å²) in [6.45, 7) is 5.45. The van der Waals surface area contributed by atoms with Crippen LogP contribution in [0.2, 0.25) is 0 Å². The molecule has 2 amide bonds. The van der Waals surface area contributed by atoms with Crippen molar-refractivity contribution in [1.82, 2.24) is 19.4 Å². The van der Waals surface area contributed by atoms with E-state index in [4.69, 9.17) is 4.74 Å². The van der Waals surface area contributed by atoms with E-state index in [1.54, 1.807) is 26.8 Å². The van der Waals surface area contributed by atoms with Crippen LogP contribution in [0, 0.1) is 0 Å². The number of sulfone groups is 1. The molecule has 2 aromatic heterocycles. The molecule has 0 saturated heterocycles. The zero-order valence-corrected chi connectivity index (χ0v) is 18.5. The number of hydrogen-bond acceptors (Lipinski definition) is 7. The van der Waals surface area contributed by atoms with E-state index in [9.17, 15) is 18.0 Å². The van der Waals surface area contributed by atoms with Crippen LogP contribution in [-0.4, -0.2) is 58.3 Å². The smallest absolute Gasteiger partial charge is 0.417 e. The summed E-state index contributed by atoms with van der Waals surface area (Å²) in [7, 11) is -3.60. The summed E-state index contributed by atoms with van der Waals surface area (Å²) in [6, 6.07) is 1.64. The highest BCUT2D eigenvalue weighted by atomic mass is 32.2. The Morgan fingerprint density at radius 3 is 2.47 bits per heavy atom. The molecule has 10 heteroatoms. The van der Waals surface area contributed by atoms with Crippen molar-refractivity contribution >= 4 is 32.9 Å². The van der Waals surface area contributed by atoms with Gasteiger partial charge in [-0.15, -0.1) is 0 Å². The van der Waals surface area contributed by atoms with Gasteiger partial charge in [0, 0.05) is 17.8 Å². The summed E-state index contributed by atoms with van der Waals surface area (Å²) in [4.78, 5) is 35.5. The van der Waals surface area contributed by atoms with E-state index >= 15 is 0 Å². The Balaban J connectivity index is 1.90. The minimum absolute atomic E-state index is 0.176. The van der Waals surface area contributed by atoms with E-state index in [0.717, 1.165) is 38.4 Å². The molecule has 3 heterocycles. The lowest BCUT2D eigenvalue weighted by Crippen LogP contribution is -2.56. The van der Waals surface area contributed by atoms with E-state index < -0.39 is 33.0 Å². The topological polar surface area (TPSA) is 111 Å². The third-order valence-electron chi connectivity index (χ3n) is 5.64. The van der Waals surface area contributed by atoms with Gasteiger partial charge in [-0.05, 0) is 39.7 Å². The van der Waals surface area contributed by atoms with Crippen LogP contribution in [0.15, 0.2) is 17.4 Å². The number of hydrogen-bond donors (Lipinski definition) is 0. The first kappa shape index (κ1) is 20.8. The van der Waals surface area contributed by atoms with Gasteiger partial charge in [0.25, 0.3) is 5.91 Å². The Bertz CT molecular complexity index is 1140. The van der Waals surface area contributed by atoms with E-state index in [0.29, 0.717) is 16.7 Å². The molecule has 1 saturated carbocycles. The Morgan fingerprint density at radius 1 is 1.20 bits per heavy atom. The fourth-order valence-electron chi connectivity index (χ4n) is 4.42. The molecule has 4 rings (SSSR count). The van der Waals surface area contributed by atoms with Crippen LogP contribution < -0.4 is 0 Å². The number of nitrogens with zero attached hydrogens (tertiary/aromatic N) is 4. The average molecular weight is 435 g/mol. The van der Waals surface area contributed by atoms with Gasteiger partial charge in [0.15, 0.2) is 0 Å². The molecule has 0 aromatic carbocycles. The van der Waals surface area contributed by atoms with Gasteiger partial charge in [-0.3, -0.25) is 4.79 Å². The summed E-state index contributed by atoms with van der Waals surface area (Å²) in [6.07, 6.45) is 6.28. The molecule has 1 aliphatic heterocycles. The van der Waals surface area contributed by atoms with E-state index in [-0.39, 0.29) is 11.7 Å². The number of fused-ring (bicyclic) bond motifs is 4. The third kappa shape index (κ3) is 3.46. The van der Waals surface area contributed by atoms with Crippen LogP contribution in [0.1, 0.15) is 63.4 Å². The molecule has 30 heavy (non-hydrogen) atoms. The number of amides is 2. The van der Waals surface area contributed by atoms with Crippen molar-refractivity contribution in [3.8, 4) is 0 Å². The van der Waals surface area contributed by atoms with Gasteiger partial charge in [-0.25, -0.2) is 23.1 Å². The number of carbonyl (C=O) groups is 2. The lowest BCUT2D eigenvalue weighted by Gasteiger charge is -2.46. The van der Waals surface area contributed by atoms with Crippen molar-refractivity contribution < 1.29 is 22.7 Å². The summed E-state index contributed by atoms with van der Waals surface area (Å²) in [5, 5.41) is 0.297. The minimum atomic E-state index is -3.60. The SMILES string of the molecule is CC(C)(C)OC(=O)N1CC2(CCCCC2)n2c(cc3cnc(S(C)(=O)=O)nc32)C1=O. The van der Waals surface area contributed by atoms with Crippen molar-refractivity contribution in [2.45, 2.75) is 69.2 Å². The molecule has 2 aromatic rings. The molecule has 0 atom stereocenters. The third-order valence-corrected chi connectivity index (χ3v) is 6.50. The van der Waals surface area contributed by atoms with E-state index in [1.807, 2.05) is 4.57 Å². The average Bonchev–Trinajstić information content (AvgIpc) is 3.03. The normalized spacial score (nSPS) is 19.2. The fourth-order valence-corrected chi connectivity index (χ4v) is 4.92. The van der Waals surface area contributed by atoms with Crippen molar-refractivity contribution in [1.29, 1.82) is 0 Å². The van der Waals surface area contributed by atoms with Crippen molar-refractivity contribution in [2.75, 3.05) is 12.8 Å². The fraction of sp³-hybridized carbons (Fsp3) is 0.600. The molecule has 9 nitrogen and oxygen atoms in total. The highest BCUT2D eigenvalue weighted by Gasteiger charge is 2.47. The van der Waals surface area contributed by atoms with Gasteiger partial charge in [-0.2, -0.15) is 4.98 Å². The van der Waals surface area contributed by atoms with Crippen LogP contribution in [0.4, 0.5) is 4.79 Å². The molecule has 1 spiro atoms. The second-order valence-corrected chi connectivity index (χ2v) is 11.1. The van der Waals surface area contributed by atoms with Crippen LogP contribution in [-0.2, 0) is 20.1 Å². The van der Waals surface area contributed by atoms with Gasteiger partial charge in [0.1, 0.15) is 16.9 Å². The molecule has 2 aliphatic rings. The zero-order chi connectivity index (χ0) is 21.9. The highest BCUT2D eigenvalue weighted by molar-refractivity contribution is 7.90. The molecule has 0 N–H and O–H groups in total. The standard InChI is InChI=1S/C20H26N4O5S/c1-19(2,3)29-18(26)23-12-20(8-6-5-7-9-20)24-14(16(23)25)10-13-11-21-17(22-15(13)24)30(4,27)28/h10-11H,5-9,12H2,1-4H3. The second kappa shape index (κ2) is 6.76. The Morgan fingerprint density at radius 2 is 1.87 bits per heavy atom. The van der Waals surface area contributed by atoms with Crippen LogP contribution in [0.25, 0.3) is 11.0 Å². The van der Waals surface area contributed by atoms with Gasteiger partial charge >= 0.3 is 6.09 Å². The predicted molar refractivity (Wildman–Crippen MR) is 109 cm³/mol. The lowest BCUT2D eigenvalue weighted by molar-refractivity contribution is 0.00754. The van der Waals surface area contributed by atoms with Crippen molar-refractivity contribution in [2.24, 2.45) is 0 Å². The number of rotatable bonds is 1. The summed E-state index contributed by atoms with van der Waals surface area (Å²) < 4.78 is 31.3. The maximum absolute atomic E-state index is 13.3. The molecular weight excluding hydrogens is 408 g/mol. The molecule has 0 bridgehead atoms. The number of imide groups is 1. The van der Waals surface area contributed by atoms with E-state index in [1.165, 1.54) is 11.1 Å². The second-order valence-electron chi connectivity index (χ2n) is 9.23. The quantitative estimate of drug-likeness (QED) is 0.634. The maximum Gasteiger partial charge on any atom is 0.417 e. The molecule has 0 radical (unpaired) electrons. The van der Waals surface area contributed by atoms with Crippen molar-refractivity contribution in [3.63, 3.8) is 0 Å². The Labute approximate surface area is 175 Å². The molecular formula is C20H26N4O5S. The monoisotopic (exact) mass is 434 g/mol. The molecule has 1 aliphatic carbocycles. The number of carbonyl (C=O) groups excluding carboxylic acids is 2. The van der Waals surface area contributed by atoms with Gasteiger partial charge in [-0.1, -0.05) is 19.3 Å². The predicted octanol–water partition coefficient (Wildman–Crippen LogP) is 2.89. The summed E-state index contributed by atoms with van der Waals surface area (Å²) >= 11 is 0. The zero-order valence-electron chi connectivity index (χ0n) is 17.6. The number of ether oxygens (including phenoxy) is 1. The minimum Gasteiger partial charge on any atom is -0.443 e. The maximum atomic E-state index is 13.3. The first-order valence-corrected chi connectivity index (χ1v) is 11.9. The summed E-state index contributed by atoms with van der Waals surface area (Å²) in [5.74, 6) is -0.473. The van der Waals surface area contributed by atoms with Crippen LogP contribution in [0.3, 0.4) is 0 Å². The van der Waals surface area contributed by atoms with Gasteiger partial charge in [0.05, 0.1) is 12.1 Å². The summed E-state index contributed by atoms with van der Waals surface area (Å²) in [5.41, 5.74) is -0.538. The van der Waals surface area contributed by atoms with E-state index in [2.05, 4.69) is 9.97 Å². The highest BCUT2D eigenvalue weighted by Crippen LogP contribution is 2.42. The van der Waals surface area contributed by atoms with Gasteiger partial charge < -0.3 is 9.30 Å². The molecule has 162 valence electrons. The first-order valence-electron chi connectivity index (χ1n) is 10.1. The largest absolute Gasteiger partial charge is 0.443 e. The Hall–Kier alpha value is -2.49. The van der Waals surface area contributed by atoms with Crippen molar-refractivity contribution in [3.05, 3.63) is 18.0 Å². The number of aromatic nitrogens is 3. The first-order chi connectivity index (χ1) is 13.9. The van der Waals surface area contributed by atoms with Gasteiger partial charge in [0.2, 0.25) is 15.0 Å². The van der Waals surface area contributed by atoms with Crippen LogP contribution >= 0.6 is 0 Å². The Kier molecular flexibility index (Phi) is 4.68. The molecule has 0 unspecified atom stereocenters. The van der Waals surface area contributed by atoms with Crippen LogP contribution in [0.5, 0.6) is 0 Å². The molecule has 1 fully saturated rings.